The Hall–Kier alpha value is -6.38. The molecular formula is C48H34N2. The molecule has 0 N–H and O–H groups in total. The van der Waals surface area contributed by atoms with E-state index in [2.05, 4.69) is 197 Å². The van der Waals surface area contributed by atoms with E-state index in [1.165, 1.54) is 83.2 Å². The minimum atomic E-state index is 0.353. The van der Waals surface area contributed by atoms with Gasteiger partial charge >= 0.3 is 0 Å². The van der Waals surface area contributed by atoms with Crippen LogP contribution in [0, 0.1) is 0 Å². The summed E-state index contributed by atoms with van der Waals surface area (Å²) in [6.07, 6.45) is 5.71. The van der Waals surface area contributed by atoms with Crippen LogP contribution in [-0.4, -0.2) is 9.13 Å². The van der Waals surface area contributed by atoms with Crippen molar-refractivity contribution < 1.29 is 0 Å². The Balaban J connectivity index is 1.11. The Morgan fingerprint density at radius 1 is 0.400 bits per heavy atom. The smallest absolute Gasteiger partial charge is 0.0541 e. The molecule has 0 amide bonds. The zero-order chi connectivity index (χ0) is 33.0. The first-order valence-electron chi connectivity index (χ1n) is 17.5. The first-order chi connectivity index (χ1) is 24.8. The third-order valence-corrected chi connectivity index (χ3v) is 10.5. The van der Waals surface area contributed by atoms with E-state index < -0.39 is 0 Å². The minimum Gasteiger partial charge on any atom is -0.310 e. The van der Waals surface area contributed by atoms with Gasteiger partial charge in [-0.2, -0.15) is 0 Å². The van der Waals surface area contributed by atoms with E-state index in [1.54, 1.807) is 0 Å². The number of hydrogen-bond donors (Lipinski definition) is 0. The molecule has 50 heavy (non-hydrogen) atoms. The molecule has 2 heteroatoms. The molecule has 10 rings (SSSR count). The van der Waals surface area contributed by atoms with Crippen molar-refractivity contribution in [1.29, 1.82) is 0 Å². The zero-order valence-electron chi connectivity index (χ0n) is 27.6. The van der Waals surface area contributed by atoms with Crippen molar-refractivity contribution in [2.75, 3.05) is 0 Å². The summed E-state index contributed by atoms with van der Waals surface area (Å²) in [7, 11) is 0. The molecule has 2 nitrogen and oxygen atoms in total. The third kappa shape index (κ3) is 4.64. The van der Waals surface area contributed by atoms with Crippen LogP contribution >= 0.6 is 0 Å². The highest BCUT2D eigenvalue weighted by atomic mass is 15.0. The second kappa shape index (κ2) is 11.6. The lowest BCUT2D eigenvalue weighted by Crippen LogP contribution is -2.07. The van der Waals surface area contributed by atoms with Crippen LogP contribution in [0.1, 0.15) is 22.7 Å². The highest BCUT2D eigenvalue weighted by molar-refractivity contribution is 6.10. The van der Waals surface area contributed by atoms with E-state index in [1.807, 2.05) is 0 Å². The van der Waals surface area contributed by atoms with E-state index in [-0.39, 0.29) is 0 Å². The molecule has 2 aromatic heterocycles. The molecule has 236 valence electrons. The number of para-hydroxylation sites is 2. The summed E-state index contributed by atoms with van der Waals surface area (Å²) in [6, 6.07) is 64.0. The average molecular weight is 639 g/mol. The molecule has 7 aromatic carbocycles. The number of aromatic nitrogens is 2. The molecular weight excluding hydrogens is 605 g/mol. The maximum Gasteiger partial charge on any atom is 0.0541 e. The van der Waals surface area contributed by atoms with Crippen LogP contribution in [0.3, 0.4) is 0 Å². The topological polar surface area (TPSA) is 9.86 Å². The molecule has 0 saturated heterocycles. The van der Waals surface area contributed by atoms with Gasteiger partial charge in [-0.1, -0.05) is 127 Å². The summed E-state index contributed by atoms with van der Waals surface area (Å²) in [5.41, 5.74) is 15.0. The lowest BCUT2D eigenvalue weighted by molar-refractivity contribution is 0.825. The van der Waals surface area contributed by atoms with Gasteiger partial charge < -0.3 is 9.13 Å². The van der Waals surface area contributed by atoms with Crippen LogP contribution in [-0.2, 0) is 6.42 Å². The fourth-order valence-electron chi connectivity index (χ4n) is 8.09. The largest absolute Gasteiger partial charge is 0.310 e. The molecule has 1 aliphatic rings. The molecule has 1 unspecified atom stereocenters. The van der Waals surface area contributed by atoms with Gasteiger partial charge in [-0.3, -0.25) is 0 Å². The Kier molecular flexibility index (Phi) is 6.67. The maximum atomic E-state index is 2.44. The number of benzene rings is 7. The van der Waals surface area contributed by atoms with Gasteiger partial charge in [-0.25, -0.2) is 0 Å². The van der Waals surface area contributed by atoms with E-state index >= 15 is 0 Å². The van der Waals surface area contributed by atoms with Gasteiger partial charge in [0.1, 0.15) is 0 Å². The SMILES string of the molecule is C1=CC(c2ccccc2)Cc2c1n(-c1ccccc1)c1ccc(-c3ccc4c(c3)c3ccccc3n4-c3ccc(-c4ccccc4)cc3)cc21. The predicted molar refractivity (Wildman–Crippen MR) is 210 cm³/mol. The average Bonchev–Trinajstić information content (AvgIpc) is 3.71. The Morgan fingerprint density at radius 3 is 1.68 bits per heavy atom. The van der Waals surface area contributed by atoms with Gasteiger partial charge in [0.05, 0.1) is 16.6 Å². The van der Waals surface area contributed by atoms with Gasteiger partial charge in [-0.05, 0) is 100 Å². The van der Waals surface area contributed by atoms with Crippen molar-refractivity contribution in [3.05, 3.63) is 199 Å². The van der Waals surface area contributed by atoms with Gasteiger partial charge in [0.15, 0.2) is 0 Å². The van der Waals surface area contributed by atoms with Crippen LogP contribution in [0.15, 0.2) is 182 Å². The number of fused-ring (bicyclic) bond motifs is 6. The Bertz CT molecular complexity index is 2690. The van der Waals surface area contributed by atoms with Crippen LogP contribution in [0.25, 0.3) is 72.4 Å². The second-order valence-corrected chi connectivity index (χ2v) is 13.3. The lowest BCUT2D eigenvalue weighted by Gasteiger charge is -2.19. The van der Waals surface area contributed by atoms with Crippen molar-refractivity contribution in [2.45, 2.75) is 12.3 Å². The summed E-state index contributed by atoms with van der Waals surface area (Å²) >= 11 is 0. The molecule has 0 aliphatic heterocycles. The highest BCUT2D eigenvalue weighted by Gasteiger charge is 2.24. The molecule has 0 spiro atoms. The highest BCUT2D eigenvalue weighted by Crippen LogP contribution is 2.41. The van der Waals surface area contributed by atoms with Crippen molar-refractivity contribution in [1.82, 2.24) is 9.13 Å². The van der Waals surface area contributed by atoms with Gasteiger partial charge in [0.2, 0.25) is 0 Å². The fourth-order valence-corrected chi connectivity index (χ4v) is 8.09. The minimum absolute atomic E-state index is 0.353. The quantitative estimate of drug-likeness (QED) is 0.178. The molecule has 0 radical (unpaired) electrons. The maximum absolute atomic E-state index is 2.44. The first kappa shape index (κ1) is 28.6. The lowest BCUT2D eigenvalue weighted by atomic mass is 9.86. The molecule has 1 atom stereocenters. The van der Waals surface area contributed by atoms with Crippen LogP contribution < -0.4 is 0 Å². The summed E-state index contributed by atoms with van der Waals surface area (Å²) in [5.74, 6) is 0.353. The zero-order valence-corrected chi connectivity index (χ0v) is 27.6. The van der Waals surface area contributed by atoms with Crippen LogP contribution in [0.5, 0.6) is 0 Å². The Morgan fingerprint density at radius 2 is 0.940 bits per heavy atom. The predicted octanol–water partition coefficient (Wildman–Crippen LogP) is 12.4. The normalized spacial score (nSPS) is 14.0. The number of hydrogen-bond acceptors (Lipinski definition) is 0. The molecule has 0 fully saturated rings. The first-order valence-corrected chi connectivity index (χ1v) is 17.5. The molecule has 9 aromatic rings. The van der Waals surface area contributed by atoms with E-state index in [4.69, 9.17) is 0 Å². The van der Waals surface area contributed by atoms with E-state index in [0.717, 1.165) is 6.42 Å². The molecule has 2 heterocycles. The van der Waals surface area contributed by atoms with Gasteiger partial charge in [0, 0.05) is 39.1 Å². The fraction of sp³-hybridized carbons (Fsp3) is 0.0417. The third-order valence-electron chi connectivity index (χ3n) is 10.5. The van der Waals surface area contributed by atoms with Crippen molar-refractivity contribution in [3.8, 4) is 33.6 Å². The summed E-state index contributed by atoms with van der Waals surface area (Å²) in [6.45, 7) is 0. The van der Waals surface area contributed by atoms with E-state index in [0.29, 0.717) is 5.92 Å². The standard InChI is InChI=1S/C48H34N2/c1-4-12-33(13-5-1)35-20-25-40(26-21-35)50-45-19-11-10-18-41(45)42-31-37(23-28-46(42)50)38-24-29-48-44(32-38)43-30-36(34-14-6-2-7-15-34)22-27-47(43)49(48)39-16-8-3-9-17-39/h1-29,31-32,36H,30H2. The van der Waals surface area contributed by atoms with Gasteiger partial charge in [-0.15, -0.1) is 0 Å². The van der Waals surface area contributed by atoms with Gasteiger partial charge in [0.25, 0.3) is 0 Å². The Labute approximate surface area is 291 Å². The summed E-state index contributed by atoms with van der Waals surface area (Å²) in [5, 5.41) is 3.86. The molecule has 1 aliphatic carbocycles. The van der Waals surface area contributed by atoms with Crippen LogP contribution in [0.2, 0.25) is 0 Å². The number of rotatable bonds is 5. The van der Waals surface area contributed by atoms with Crippen molar-refractivity contribution in [3.63, 3.8) is 0 Å². The van der Waals surface area contributed by atoms with Crippen LogP contribution in [0.4, 0.5) is 0 Å². The van der Waals surface area contributed by atoms with Crippen molar-refractivity contribution >= 4 is 38.8 Å². The monoisotopic (exact) mass is 638 g/mol. The summed E-state index contributed by atoms with van der Waals surface area (Å²) in [4.78, 5) is 0. The second-order valence-electron chi connectivity index (χ2n) is 13.3. The molecule has 0 bridgehead atoms. The number of nitrogens with zero attached hydrogens (tertiary/aromatic N) is 2. The summed E-state index contributed by atoms with van der Waals surface area (Å²) < 4.78 is 4.84. The molecule has 0 saturated carbocycles. The number of allylic oxidation sites excluding steroid dienone is 1. The van der Waals surface area contributed by atoms with E-state index in [9.17, 15) is 0 Å². The van der Waals surface area contributed by atoms with Crippen molar-refractivity contribution in [2.24, 2.45) is 0 Å².